The van der Waals surface area contributed by atoms with Gasteiger partial charge in [0, 0.05) is 21.8 Å². The van der Waals surface area contributed by atoms with E-state index in [0.717, 1.165) is 11.7 Å². The molecule has 0 saturated carbocycles. The van der Waals surface area contributed by atoms with Crippen LogP contribution in [0.2, 0.25) is 0 Å². The van der Waals surface area contributed by atoms with E-state index in [1.807, 2.05) is 6.07 Å². The van der Waals surface area contributed by atoms with E-state index < -0.39 is 0 Å². The Bertz CT molecular complexity index is 351. The highest BCUT2D eigenvalue weighted by Gasteiger charge is 2.24. The minimum atomic E-state index is 0.724. The molecular formula is C12H17IN2. The molecule has 1 aromatic rings. The van der Waals surface area contributed by atoms with Gasteiger partial charge in [-0.2, -0.15) is 0 Å². The van der Waals surface area contributed by atoms with Crippen molar-refractivity contribution >= 4 is 34.0 Å². The lowest BCUT2D eigenvalue weighted by atomic mass is 10.1. The molecule has 0 spiro atoms. The summed E-state index contributed by atoms with van der Waals surface area (Å²) in [5.41, 5.74) is 7.98. The van der Waals surface area contributed by atoms with Crippen LogP contribution >= 0.6 is 22.6 Å². The highest BCUT2D eigenvalue weighted by Crippen LogP contribution is 2.31. The van der Waals surface area contributed by atoms with Crippen molar-refractivity contribution in [2.75, 3.05) is 17.2 Å². The first-order valence-corrected chi connectivity index (χ1v) is 6.62. The van der Waals surface area contributed by atoms with Gasteiger partial charge in [-0.15, -0.1) is 0 Å². The zero-order chi connectivity index (χ0) is 10.8. The number of nitrogen functional groups attached to an aromatic ring is 1. The van der Waals surface area contributed by atoms with E-state index in [1.165, 1.54) is 35.1 Å². The average Bonchev–Trinajstić information content (AvgIpc) is 2.65. The number of nitrogens with two attached hydrogens (primary N) is 1. The molecule has 1 aliphatic rings. The molecule has 1 saturated heterocycles. The van der Waals surface area contributed by atoms with Gasteiger partial charge in [0.25, 0.3) is 0 Å². The summed E-state index contributed by atoms with van der Waals surface area (Å²) < 4.78 is 1.27. The minimum Gasteiger partial charge on any atom is -0.399 e. The van der Waals surface area contributed by atoms with Crippen molar-refractivity contribution in [1.29, 1.82) is 0 Å². The number of hydrogen-bond donors (Lipinski definition) is 1. The molecule has 1 atom stereocenters. The summed E-state index contributed by atoms with van der Waals surface area (Å²) in [5, 5.41) is 0. The fraction of sp³-hybridized carbons (Fsp3) is 0.500. The summed E-state index contributed by atoms with van der Waals surface area (Å²) in [6.07, 6.45) is 3.89. The molecule has 0 aliphatic carbocycles. The highest BCUT2D eigenvalue weighted by atomic mass is 127. The molecule has 2 rings (SSSR count). The number of rotatable bonds is 2. The van der Waals surface area contributed by atoms with Gasteiger partial charge in [0.1, 0.15) is 0 Å². The number of halogens is 1. The normalized spacial score (nSPS) is 20.9. The van der Waals surface area contributed by atoms with Gasteiger partial charge in [0.15, 0.2) is 0 Å². The predicted molar refractivity (Wildman–Crippen MR) is 74.2 cm³/mol. The molecule has 0 bridgehead atoms. The summed E-state index contributed by atoms with van der Waals surface area (Å²) in [6, 6.07) is 6.94. The summed E-state index contributed by atoms with van der Waals surface area (Å²) in [6.45, 7) is 3.46. The molecule has 1 aliphatic heterocycles. The molecule has 0 aromatic heterocycles. The topological polar surface area (TPSA) is 29.3 Å². The van der Waals surface area contributed by atoms with Crippen LogP contribution in [0.4, 0.5) is 11.4 Å². The van der Waals surface area contributed by atoms with Crippen molar-refractivity contribution in [2.45, 2.75) is 32.2 Å². The van der Waals surface area contributed by atoms with Gasteiger partial charge in [-0.3, -0.25) is 0 Å². The Hall–Kier alpha value is -0.450. The van der Waals surface area contributed by atoms with E-state index in [1.54, 1.807) is 0 Å². The first kappa shape index (κ1) is 11.0. The Morgan fingerprint density at radius 1 is 1.53 bits per heavy atom. The van der Waals surface area contributed by atoms with Crippen LogP contribution in [0.1, 0.15) is 26.2 Å². The Labute approximate surface area is 105 Å². The van der Waals surface area contributed by atoms with E-state index in [0.29, 0.717) is 0 Å². The lowest BCUT2D eigenvalue weighted by molar-refractivity contribution is 0.645. The Kier molecular flexibility index (Phi) is 3.38. The van der Waals surface area contributed by atoms with Crippen LogP contribution in [0.15, 0.2) is 18.2 Å². The second-order valence-corrected chi connectivity index (χ2v) is 5.27. The SMILES string of the molecule is CCC1CCCN1c1ccc(N)cc1I. The van der Waals surface area contributed by atoms with Gasteiger partial charge >= 0.3 is 0 Å². The second kappa shape index (κ2) is 4.60. The maximum atomic E-state index is 5.77. The first-order chi connectivity index (χ1) is 7.22. The lowest BCUT2D eigenvalue weighted by Crippen LogP contribution is -2.29. The molecule has 0 radical (unpaired) electrons. The predicted octanol–water partition coefficient (Wildman–Crippen LogP) is 3.25. The van der Waals surface area contributed by atoms with Crippen LogP contribution in [0, 0.1) is 3.57 Å². The van der Waals surface area contributed by atoms with Crippen LogP contribution in [-0.4, -0.2) is 12.6 Å². The van der Waals surface area contributed by atoms with Gasteiger partial charge < -0.3 is 10.6 Å². The molecule has 82 valence electrons. The van der Waals surface area contributed by atoms with E-state index in [2.05, 4.69) is 46.5 Å². The minimum absolute atomic E-state index is 0.724. The smallest absolute Gasteiger partial charge is 0.0505 e. The highest BCUT2D eigenvalue weighted by molar-refractivity contribution is 14.1. The summed E-state index contributed by atoms with van der Waals surface area (Å²) in [5.74, 6) is 0. The standard InChI is InChI=1S/C12H17IN2/c1-2-10-4-3-7-15(10)12-6-5-9(14)8-11(12)13/h5-6,8,10H,2-4,7,14H2,1H3. The maximum Gasteiger partial charge on any atom is 0.0505 e. The van der Waals surface area contributed by atoms with Crippen molar-refractivity contribution < 1.29 is 0 Å². The summed E-state index contributed by atoms with van der Waals surface area (Å²) >= 11 is 2.38. The number of benzene rings is 1. The molecule has 2 N–H and O–H groups in total. The molecule has 15 heavy (non-hydrogen) atoms. The zero-order valence-electron chi connectivity index (χ0n) is 9.04. The quantitative estimate of drug-likeness (QED) is 0.670. The van der Waals surface area contributed by atoms with E-state index in [-0.39, 0.29) is 0 Å². The van der Waals surface area contributed by atoms with E-state index in [9.17, 15) is 0 Å². The third-order valence-corrected chi connectivity index (χ3v) is 3.99. The van der Waals surface area contributed by atoms with Crippen LogP contribution in [-0.2, 0) is 0 Å². The van der Waals surface area contributed by atoms with E-state index >= 15 is 0 Å². The fourth-order valence-electron chi connectivity index (χ4n) is 2.33. The van der Waals surface area contributed by atoms with Crippen LogP contribution < -0.4 is 10.6 Å². The third kappa shape index (κ3) is 2.22. The van der Waals surface area contributed by atoms with Crippen molar-refractivity contribution in [3.63, 3.8) is 0 Å². The molecule has 0 amide bonds. The first-order valence-electron chi connectivity index (χ1n) is 5.54. The van der Waals surface area contributed by atoms with Gasteiger partial charge in [0.2, 0.25) is 0 Å². The lowest BCUT2D eigenvalue weighted by Gasteiger charge is -2.27. The zero-order valence-corrected chi connectivity index (χ0v) is 11.2. The largest absolute Gasteiger partial charge is 0.399 e. The van der Waals surface area contributed by atoms with Crippen molar-refractivity contribution in [3.05, 3.63) is 21.8 Å². The monoisotopic (exact) mass is 316 g/mol. The molecule has 1 heterocycles. The van der Waals surface area contributed by atoms with E-state index in [4.69, 9.17) is 5.73 Å². The maximum absolute atomic E-state index is 5.77. The Morgan fingerprint density at radius 2 is 2.33 bits per heavy atom. The average molecular weight is 316 g/mol. The molecule has 1 unspecified atom stereocenters. The number of hydrogen-bond acceptors (Lipinski definition) is 2. The summed E-state index contributed by atoms with van der Waals surface area (Å²) in [4.78, 5) is 2.53. The van der Waals surface area contributed by atoms with Gasteiger partial charge in [-0.05, 0) is 60.1 Å². The van der Waals surface area contributed by atoms with Crippen molar-refractivity contribution in [2.24, 2.45) is 0 Å². The van der Waals surface area contributed by atoms with Crippen LogP contribution in [0.3, 0.4) is 0 Å². The van der Waals surface area contributed by atoms with Gasteiger partial charge in [0.05, 0.1) is 5.69 Å². The number of nitrogens with zero attached hydrogens (tertiary/aromatic N) is 1. The molecule has 1 aromatic carbocycles. The molecular weight excluding hydrogens is 299 g/mol. The molecule has 3 heteroatoms. The second-order valence-electron chi connectivity index (χ2n) is 4.11. The molecule has 2 nitrogen and oxygen atoms in total. The fourth-order valence-corrected chi connectivity index (χ4v) is 3.18. The van der Waals surface area contributed by atoms with Crippen LogP contribution in [0.5, 0.6) is 0 Å². The van der Waals surface area contributed by atoms with Gasteiger partial charge in [-0.25, -0.2) is 0 Å². The Morgan fingerprint density at radius 3 is 3.00 bits per heavy atom. The summed E-state index contributed by atoms with van der Waals surface area (Å²) in [7, 11) is 0. The van der Waals surface area contributed by atoms with Gasteiger partial charge in [-0.1, -0.05) is 6.92 Å². The Balaban J connectivity index is 2.28. The van der Waals surface area contributed by atoms with Crippen LogP contribution in [0.25, 0.3) is 0 Å². The third-order valence-electron chi connectivity index (χ3n) is 3.13. The molecule has 1 fully saturated rings. The van der Waals surface area contributed by atoms with Crippen molar-refractivity contribution in [3.8, 4) is 0 Å². The number of anilines is 2. The van der Waals surface area contributed by atoms with Crippen molar-refractivity contribution in [1.82, 2.24) is 0 Å².